The molecule has 2 N–H and O–H groups in total. The van der Waals surface area contributed by atoms with E-state index in [-0.39, 0.29) is 6.03 Å². The first-order valence-corrected chi connectivity index (χ1v) is 4.89. The summed E-state index contributed by atoms with van der Waals surface area (Å²) in [7, 11) is 1.39. The van der Waals surface area contributed by atoms with Crippen molar-refractivity contribution in [2.75, 3.05) is 12.4 Å². The molecule has 0 bridgehead atoms. The van der Waals surface area contributed by atoms with E-state index >= 15 is 0 Å². The number of benzene rings is 2. The van der Waals surface area contributed by atoms with Gasteiger partial charge in [-0.05, 0) is 11.5 Å². The third kappa shape index (κ3) is 2.12. The van der Waals surface area contributed by atoms with Gasteiger partial charge in [0.05, 0.1) is 12.8 Å². The van der Waals surface area contributed by atoms with Crippen molar-refractivity contribution < 1.29 is 9.63 Å². The summed E-state index contributed by atoms with van der Waals surface area (Å²) in [6, 6.07) is 13.2. The molecule has 16 heavy (non-hydrogen) atoms. The zero-order valence-electron chi connectivity index (χ0n) is 8.86. The maximum absolute atomic E-state index is 11.3. The molecule has 0 spiro atoms. The number of fused-ring (bicyclic) bond motifs is 1. The number of hydroxylamine groups is 1. The molecule has 0 unspecified atom stereocenters. The minimum Gasteiger partial charge on any atom is -0.306 e. The maximum atomic E-state index is 11.3. The number of hydrogen-bond donors (Lipinski definition) is 2. The van der Waals surface area contributed by atoms with Crippen LogP contribution in [-0.2, 0) is 4.84 Å². The first-order chi connectivity index (χ1) is 7.81. The van der Waals surface area contributed by atoms with E-state index in [4.69, 9.17) is 0 Å². The Balaban J connectivity index is 2.33. The molecule has 0 fully saturated rings. The highest BCUT2D eigenvalue weighted by molar-refractivity contribution is 6.01. The van der Waals surface area contributed by atoms with Gasteiger partial charge in [-0.25, -0.2) is 10.3 Å². The second kappa shape index (κ2) is 4.63. The van der Waals surface area contributed by atoms with Crippen molar-refractivity contribution in [1.82, 2.24) is 5.48 Å². The zero-order valence-corrected chi connectivity index (χ0v) is 8.86. The molecular formula is C12H12N2O2. The van der Waals surface area contributed by atoms with Crippen LogP contribution in [0.25, 0.3) is 10.8 Å². The Morgan fingerprint density at radius 1 is 1.12 bits per heavy atom. The molecule has 0 atom stereocenters. The Bertz CT molecular complexity index is 506. The van der Waals surface area contributed by atoms with Crippen LogP contribution >= 0.6 is 0 Å². The molecule has 2 rings (SSSR count). The lowest BCUT2D eigenvalue weighted by molar-refractivity contribution is 0.114. The fraction of sp³-hybridized carbons (Fsp3) is 0.0833. The lowest BCUT2D eigenvalue weighted by Gasteiger charge is -2.08. The van der Waals surface area contributed by atoms with Gasteiger partial charge >= 0.3 is 6.03 Å². The van der Waals surface area contributed by atoms with Crippen LogP contribution in [0.3, 0.4) is 0 Å². The van der Waals surface area contributed by atoms with Crippen LogP contribution in [0, 0.1) is 0 Å². The fourth-order valence-electron chi connectivity index (χ4n) is 1.57. The third-order valence-corrected chi connectivity index (χ3v) is 2.23. The molecule has 4 heteroatoms. The van der Waals surface area contributed by atoms with Crippen LogP contribution in [0.2, 0.25) is 0 Å². The summed E-state index contributed by atoms with van der Waals surface area (Å²) < 4.78 is 0. The Kier molecular flexibility index (Phi) is 3.03. The number of amides is 2. The predicted molar refractivity (Wildman–Crippen MR) is 63.1 cm³/mol. The first-order valence-electron chi connectivity index (χ1n) is 4.89. The molecule has 0 saturated heterocycles. The van der Waals surface area contributed by atoms with Crippen molar-refractivity contribution in [1.29, 1.82) is 0 Å². The highest BCUT2D eigenvalue weighted by Crippen LogP contribution is 2.22. The highest BCUT2D eigenvalue weighted by atomic mass is 16.6. The number of carbonyl (C=O) groups is 1. The smallest absolute Gasteiger partial charge is 0.306 e. The zero-order chi connectivity index (χ0) is 11.4. The van der Waals surface area contributed by atoms with Crippen LogP contribution in [0.4, 0.5) is 10.5 Å². The van der Waals surface area contributed by atoms with Crippen molar-refractivity contribution in [2.45, 2.75) is 0 Å². The number of urea groups is 1. The molecule has 2 aromatic carbocycles. The standard InChI is InChI=1S/C12H12N2O2/c1-16-14-12(15)13-11-8-4-6-9-5-2-3-7-10(9)11/h2-8H,1H3,(H2,13,14,15). The molecule has 0 saturated carbocycles. The van der Waals surface area contributed by atoms with Crippen molar-refractivity contribution in [2.24, 2.45) is 0 Å². The largest absolute Gasteiger partial charge is 0.343 e. The second-order valence-corrected chi connectivity index (χ2v) is 3.29. The van der Waals surface area contributed by atoms with Gasteiger partial charge in [-0.2, -0.15) is 0 Å². The summed E-state index contributed by atoms with van der Waals surface area (Å²) >= 11 is 0. The normalized spacial score (nSPS) is 10.1. The van der Waals surface area contributed by atoms with Crippen LogP contribution in [-0.4, -0.2) is 13.1 Å². The van der Waals surface area contributed by atoms with E-state index in [9.17, 15) is 4.79 Å². The van der Waals surface area contributed by atoms with Gasteiger partial charge in [-0.15, -0.1) is 0 Å². The summed E-state index contributed by atoms with van der Waals surface area (Å²) in [6.07, 6.45) is 0. The van der Waals surface area contributed by atoms with E-state index in [2.05, 4.69) is 15.6 Å². The topological polar surface area (TPSA) is 50.4 Å². The summed E-state index contributed by atoms with van der Waals surface area (Å²) in [5.41, 5.74) is 2.97. The van der Waals surface area contributed by atoms with Crippen molar-refractivity contribution in [3.63, 3.8) is 0 Å². The molecule has 0 radical (unpaired) electrons. The Morgan fingerprint density at radius 3 is 2.69 bits per heavy atom. The first kappa shape index (κ1) is 10.4. The molecule has 0 aliphatic carbocycles. The maximum Gasteiger partial charge on any atom is 0.343 e. The van der Waals surface area contributed by atoms with E-state index in [1.165, 1.54) is 7.11 Å². The van der Waals surface area contributed by atoms with Crippen molar-refractivity contribution in [3.05, 3.63) is 42.5 Å². The van der Waals surface area contributed by atoms with E-state index in [0.717, 1.165) is 16.5 Å². The van der Waals surface area contributed by atoms with Gasteiger partial charge in [-0.1, -0.05) is 36.4 Å². The molecule has 0 aliphatic rings. The number of nitrogens with one attached hydrogen (secondary N) is 2. The summed E-state index contributed by atoms with van der Waals surface area (Å²) in [5, 5.41) is 4.79. The van der Waals surface area contributed by atoms with E-state index in [0.29, 0.717) is 0 Å². The van der Waals surface area contributed by atoms with Gasteiger partial charge < -0.3 is 5.32 Å². The number of rotatable bonds is 2. The predicted octanol–water partition coefficient (Wildman–Crippen LogP) is 2.52. The van der Waals surface area contributed by atoms with Gasteiger partial charge in [0.2, 0.25) is 0 Å². The second-order valence-electron chi connectivity index (χ2n) is 3.29. The summed E-state index contributed by atoms with van der Waals surface area (Å²) in [5.74, 6) is 0. The minimum absolute atomic E-state index is 0.390. The van der Waals surface area contributed by atoms with E-state index < -0.39 is 0 Å². The van der Waals surface area contributed by atoms with Crippen LogP contribution < -0.4 is 10.8 Å². The molecule has 2 amide bonds. The lowest BCUT2D eigenvalue weighted by atomic mass is 10.1. The highest BCUT2D eigenvalue weighted by Gasteiger charge is 2.03. The number of hydrogen-bond acceptors (Lipinski definition) is 2. The van der Waals surface area contributed by atoms with Crippen LogP contribution in [0.5, 0.6) is 0 Å². The average molecular weight is 216 g/mol. The average Bonchev–Trinajstić information content (AvgIpc) is 2.30. The molecule has 4 nitrogen and oxygen atoms in total. The number of anilines is 1. The van der Waals surface area contributed by atoms with E-state index in [1.807, 2.05) is 42.5 Å². The minimum atomic E-state index is -0.390. The SMILES string of the molecule is CONC(=O)Nc1cccc2ccccc12. The lowest BCUT2D eigenvalue weighted by Crippen LogP contribution is -2.27. The summed E-state index contributed by atoms with van der Waals surface area (Å²) in [4.78, 5) is 15.8. The molecular weight excluding hydrogens is 204 g/mol. The molecule has 0 aliphatic heterocycles. The molecule has 82 valence electrons. The third-order valence-electron chi connectivity index (χ3n) is 2.23. The van der Waals surface area contributed by atoms with Gasteiger partial charge in [0.25, 0.3) is 0 Å². The van der Waals surface area contributed by atoms with Crippen molar-refractivity contribution >= 4 is 22.5 Å². The Morgan fingerprint density at radius 2 is 1.88 bits per heavy atom. The van der Waals surface area contributed by atoms with Gasteiger partial charge in [0.1, 0.15) is 0 Å². The molecule has 2 aromatic rings. The number of carbonyl (C=O) groups excluding carboxylic acids is 1. The molecule has 0 aromatic heterocycles. The van der Waals surface area contributed by atoms with Gasteiger partial charge in [0, 0.05) is 5.39 Å². The Labute approximate surface area is 93.2 Å². The van der Waals surface area contributed by atoms with Crippen LogP contribution in [0.15, 0.2) is 42.5 Å². The van der Waals surface area contributed by atoms with Crippen molar-refractivity contribution in [3.8, 4) is 0 Å². The van der Waals surface area contributed by atoms with Gasteiger partial charge in [-0.3, -0.25) is 4.84 Å². The Hall–Kier alpha value is -2.07. The summed E-state index contributed by atoms with van der Waals surface area (Å²) in [6.45, 7) is 0. The monoisotopic (exact) mass is 216 g/mol. The van der Waals surface area contributed by atoms with E-state index in [1.54, 1.807) is 0 Å². The quantitative estimate of drug-likeness (QED) is 0.758. The van der Waals surface area contributed by atoms with Gasteiger partial charge in [0.15, 0.2) is 0 Å². The molecule has 0 heterocycles. The van der Waals surface area contributed by atoms with Crippen LogP contribution in [0.1, 0.15) is 0 Å². The fourth-order valence-corrected chi connectivity index (χ4v) is 1.57.